The molecule has 1 aromatic rings. The van der Waals surface area contributed by atoms with Crippen molar-refractivity contribution in [1.29, 1.82) is 0 Å². The monoisotopic (exact) mass is 317 g/mol. The number of nitrogens with zero attached hydrogens (tertiary/aromatic N) is 1. The molecular weight excluding hydrogens is 298 g/mol. The van der Waals surface area contributed by atoms with E-state index in [-0.39, 0.29) is 0 Å². The zero-order valence-corrected chi connectivity index (χ0v) is 13.3. The summed E-state index contributed by atoms with van der Waals surface area (Å²) in [5.41, 5.74) is 2.55. The molecule has 0 amide bonds. The van der Waals surface area contributed by atoms with E-state index in [2.05, 4.69) is 28.1 Å². The lowest BCUT2D eigenvalue weighted by Gasteiger charge is -2.14. The highest BCUT2D eigenvalue weighted by Gasteiger charge is 2.16. The highest BCUT2D eigenvalue weighted by atomic mass is 32.3. The predicted octanol–water partition coefficient (Wildman–Crippen LogP) is 0.414. The summed E-state index contributed by atoms with van der Waals surface area (Å²) < 4.78 is 43.8. The van der Waals surface area contributed by atoms with Crippen LogP contribution in [0.4, 0.5) is 0 Å². The number of fused-ring (bicyclic) bond motifs is 1. The number of benzene rings is 1. The average Bonchev–Trinajstić information content (AvgIpc) is 2.45. The molecular formula is C13H19NO6S. The molecule has 0 spiro atoms. The molecule has 0 fully saturated rings. The van der Waals surface area contributed by atoms with Crippen LogP contribution in [0, 0.1) is 0 Å². The lowest BCUT2D eigenvalue weighted by atomic mass is 10.0. The first kappa shape index (κ1) is 17.4. The fourth-order valence-corrected chi connectivity index (χ4v) is 1.87. The molecule has 8 heteroatoms. The highest BCUT2D eigenvalue weighted by molar-refractivity contribution is 7.80. The van der Waals surface area contributed by atoms with Crippen LogP contribution in [0.1, 0.15) is 11.1 Å². The Labute approximate surface area is 124 Å². The van der Waals surface area contributed by atoms with Gasteiger partial charge in [0.15, 0.2) is 17.7 Å². The van der Waals surface area contributed by atoms with Crippen LogP contribution in [0.3, 0.4) is 0 Å². The molecule has 0 unspecified atom stereocenters. The van der Waals surface area contributed by atoms with Gasteiger partial charge in [-0.2, -0.15) is 0 Å². The molecule has 0 bridgehead atoms. The maximum absolute atomic E-state index is 9.22. The van der Waals surface area contributed by atoms with Gasteiger partial charge in [0.25, 0.3) is 0 Å². The molecule has 1 aliphatic rings. The van der Waals surface area contributed by atoms with Gasteiger partial charge in [-0.1, -0.05) is 0 Å². The minimum absolute atomic E-state index is 0.794. The van der Waals surface area contributed by atoms with E-state index in [1.165, 1.54) is 11.1 Å². The van der Waals surface area contributed by atoms with Crippen molar-refractivity contribution in [3.8, 4) is 11.5 Å². The number of hydrogen-bond donors (Lipinski definition) is 0. The summed E-state index contributed by atoms with van der Waals surface area (Å²) in [6.07, 6.45) is 3.20. The standard InChI is InChI=1S/C12H16NO2.CH4O4S/c1-13-5-4-9-6-11(14-2)12(15-3)7-10(9)8-13;1-5-6(2,3)4/h6-8H,4-5H2,1-3H3;1H3,(H,2,3,4)/q+1;/p-1. The number of ether oxygens (including phenoxy) is 2. The normalized spacial score (nSPS) is 13.5. The van der Waals surface area contributed by atoms with E-state index in [4.69, 9.17) is 9.47 Å². The van der Waals surface area contributed by atoms with E-state index >= 15 is 0 Å². The van der Waals surface area contributed by atoms with Gasteiger partial charge in [-0.15, -0.1) is 0 Å². The summed E-state index contributed by atoms with van der Waals surface area (Å²) in [7, 11) is 1.81. The summed E-state index contributed by atoms with van der Waals surface area (Å²) in [6, 6.07) is 4.10. The van der Waals surface area contributed by atoms with Gasteiger partial charge in [0.1, 0.15) is 13.6 Å². The molecule has 2 rings (SSSR count). The molecule has 0 N–H and O–H groups in total. The van der Waals surface area contributed by atoms with Crippen molar-refractivity contribution < 1.29 is 31.2 Å². The van der Waals surface area contributed by atoms with Gasteiger partial charge in [0.05, 0.1) is 21.3 Å². The summed E-state index contributed by atoms with van der Waals surface area (Å²) in [6.45, 7) is 1.06. The Morgan fingerprint density at radius 3 is 2.14 bits per heavy atom. The van der Waals surface area contributed by atoms with Gasteiger partial charge in [-0.3, -0.25) is 4.18 Å². The highest BCUT2D eigenvalue weighted by Crippen LogP contribution is 2.30. The minimum Gasteiger partial charge on any atom is -0.726 e. The fraction of sp³-hybridized carbons (Fsp3) is 0.462. The second kappa shape index (κ2) is 7.39. The third-order valence-electron chi connectivity index (χ3n) is 2.94. The Morgan fingerprint density at radius 1 is 1.14 bits per heavy atom. The first-order chi connectivity index (χ1) is 9.80. The summed E-state index contributed by atoms with van der Waals surface area (Å²) in [4.78, 5) is 0. The van der Waals surface area contributed by atoms with Crippen molar-refractivity contribution >= 4 is 16.6 Å². The second-order valence-corrected chi connectivity index (χ2v) is 5.49. The number of hydrogen-bond acceptors (Lipinski definition) is 6. The van der Waals surface area contributed by atoms with Gasteiger partial charge < -0.3 is 14.0 Å². The van der Waals surface area contributed by atoms with E-state index in [1.807, 2.05) is 6.07 Å². The van der Waals surface area contributed by atoms with Crippen LogP contribution < -0.4 is 9.47 Å². The predicted molar refractivity (Wildman–Crippen MR) is 76.2 cm³/mol. The van der Waals surface area contributed by atoms with Crippen molar-refractivity contribution in [1.82, 2.24) is 0 Å². The molecule has 1 aliphatic heterocycles. The van der Waals surface area contributed by atoms with Crippen molar-refractivity contribution in [2.24, 2.45) is 0 Å². The van der Waals surface area contributed by atoms with E-state index in [1.54, 1.807) is 14.2 Å². The largest absolute Gasteiger partial charge is 0.726 e. The molecule has 0 aromatic heterocycles. The second-order valence-electron chi connectivity index (χ2n) is 4.34. The molecule has 1 heterocycles. The summed E-state index contributed by atoms with van der Waals surface area (Å²) in [5.74, 6) is 1.61. The summed E-state index contributed by atoms with van der Waals surface area (Å²) >= 11 is 0. The third-order valence-corrected chi connectivity index (χ3v) is 3.35. The SMILES string of the molecule is COS(=O)(=O)[O-].COc1cc2c(cc1OC)CC[N+](C)=C2. The number of methoxy groups -OCH3 is 2. The first-order valence-corrected chi connectivity index (χ1v) is 7.45. The molecule has 0 saturated carbocycles. The van der Waals surface area contributed by atoms with E-state index in [0.717, 1.165) is 31.6 Å². The molecule has 0 radical (unpaired) electrons. The van der Waals surface area contributed by atoms with Gasteiger partial charge in [-0.05, 0) is 17.7 Å². The zero-order chi connectivity index (χ0) is 16.0. The van der Waals surface area contributed by atoms with Crippen LogP contribution in [-0.4, -0.2) is 58.7 Å². The Kier molecular flexibility index (Phi) is 6.13. The average molecular weight is 317 g/mol. The van der Waals surface area contributed by atoms with Crippen LogP contribution >= 0.6 is 0 Å². The fourth-order valence-electron chi connectivity index (χ4n) is 1.87. The first-order valence-electron chi connectivity index (χ1n) is 6.12. The Morgan fingerprint density at radius 2 is 1.67 bits per heavy atom. The molecule has 0 atom stereocenters. The van der Waals surface area contributed by atoms with Crippen LogP contribution in [0.25, 0.3) is 0 Å². The molecule has 118 valence electrons. The van der Waals surface area contributed by atoms with E-state index in [9.17, 15) is 13.0 Å². The smallest absolute Gasteiger partial charge is 0.217 e. The quantitative estimate of drug-likeness (QED) is 0.456. The van der Waals surface area contributed by atoms with Crippen molar-refractivity contribution in [2.45, 2.75) is 6.42 Å². The molecule has 21 heavy (non-hydrogen) atoms. The van der Waals surface area contributed by atoms with Gasteiger partial charge >= 0.3 is 0 Å². The lowest BCUT2D eigenvalue weighted by molar-refractivity contribution is -0.493. The Balaban J connectivity index is 0.000000315. The summed E-state index contributed by atoms with van der Waals surface area (Å²) in [5, 5.41) is 0. The topological polar surface area (TPSA) is 87.9 Å². The Hall–Kier alpha value is -1.64. The van der Waals surface area contributed by atoms with Gasteiger partial charge in [0.2, 0.25) is 10.4 Å². The van der Waals surface area contributed by atoms with Gasteiger partial charge in [-0.25, -0.2) is 13.0 Å². The molecule has 0 aliphatic carbocycles. The number of rotatable bonds is 3. The zero-order valence-electron chi connectivity index (χ0n) is 12.5. The minimum atomic E-state index is -4.41. The molecule has 1 aromatic carbocycles. The third kappa shape index (κ3) is 5.33. The van der Waals surface area contributed by atoms with Crippen molar-refractivity contribution in [3.63, 3.8) is 0 Å². The number of likely N-dealkylation sites (N-methyl/N-ethyl adjacent to an activating group) is 1. The molecule has 7 nitrogen and oxygen atoms in total. The maximum Gasteiger partial charge on any atom is 0.217 e. The van der Waals surface area contributed by atoms with Crippen LogP contribution in [0.2, 0.25) is 0 Å². The maximum atomic E-state index is 9.22. The van der Waals surface area contributed by atoms with Crippen molar-refractivity contribution in [3.05, 3.63) is 23.3 Å². The van der Waals surface area contributed by atoms with Crippen LogP contribution in [-0.2, 0) is 21.0 Å². The Bertz CT molecular complexity index is 624. The lowest BCUT2D eigenvalue weighted by Crippen LogP contribution is -2.18. The molecule has 0 saturated heterocycles. The van der Waals surface area contributed by atoms with Gasteiger partial charge in [0, 0.05) is 12.0 Å². The van der Waals surface area contributed by atoms with Crippen molar-refractivity contribution in [2.75, 3.05) is 34.9 Å². The van der Waals surface area contributed by atoms with Crippen LogP contribution in [0.5, 0.6) is 11.5 Å². The van der Waals surface area contributed by atoms with Crippen LogP contribution in [0.15, 0.2) is 12.1 Å². The van der Waals surface area contributed by atoms with E-state index in [0.29, 0.717) is 0 Å². The van der Waals surface area contributed by atoms with E-state index < -0.39 is 10.4 Å².